The van der Waals surface area contributed by atoms with Gasteiger partial charge in [0.05, 0.1) is 18.2 Å². The van der Waals surface area contributed by atoms with Crippen molar-refractivity contribution in [2.45, 2.75) is 18.7 Å². The Morgan fingerprint density at radius 1 is 1.24 bits per heavy atom. The van der Waals surface area contributed by atoms with Gasteiger partial charge in [0.2, 0.25) is 0 Å². The van der Waals surface area contributed by atoms with Crippen LogP contribution in [0, 0.1) is 19.7 Å². The van der Waals surface area contributed by atoms with Crippen LogP contribution in [-0.2, 0) is 14.8 Å². The van der Waals surface area contributed by atoms with Gasteiger partial charge < -0.3 is 4.74 Å². The molecule has 2 rings (SSSR count). The van der Waals surface area contributed by atoms with E-state index in [2.05, 4.69) is 4.98 Å². The highest BCUT2D eigenvalue weighted by molar-refractivity contribution is 7.90. The summed E-state index contributed by atoms with van der Waals surface area (Å²) in [5.74, 6) is -0.849. The van der Waals surface area contributed by atoms with Gasteiger partial charge in [-0.1, -0.05) is 0 Å². The van der Waals surface area contributed by atoms with Crippen molar-refractivity contribution in [3.63, 3.8) is 0 Å². The van der Waals surface area contributed by atoms with E-state index in [1.54, 1.807) is 13.8 Å². The van der Waals surface area contributed by atoms with Crippen LogP contribution in [0.4, 0.5) is 4.39 Å². The number of carbonyl (C=O) groups excluding carboxylic acids is 1. The maximum Gasteiger partial charge on any atom is 0.264 e. The molecule has 1 N–H and O–H groups in total. The lowest BCUT2D eigenvalue weighted by molar-refractivity contribution is -0.114. The molecule has 25 heavy (non-hydrogen) atoms. The maximum absolute atomic E-state index is 13.0. The Kier molecular flexibility index (Phi) is 5.53. The van der Waals surface area contributed by atoms with Crippen molar-refractivity contribution in [1.29, 1.82) is 0 Å². The first-order valence-corrected chi connectivity index (χ1v) is 8.72. The Morgan fingerprint density at radius 3 is 2.60 bits per heavy atom. The molecule has 0 radical (unpaired) electrons. The first-order valence-electron chi connectivity index (χ1n) is 7.24. The summed E-state index contributed by atoms with van der Waals surface area (Å²) < 4.78 is 44.9. The number of aromatic nitrogens is 1. The van der Waals surface area contributed by atoms with Gasteiger partial charge in [0, 0.05) is 12.3 Å². The summed E-state index contributed by atoms with van der Waals surface area (Å²) in [5.41, 5.74) is 1.49. The third kappa shape index (κ3) is 4.42. The molecule has 1 heterocycles. The van der Waals surface area contributed by atoms with Gasteiger partial charge in [0.15, 0.2) is 0 Å². The highest BCUT2D eigenvalue weighted by Gasteiger charge is 2.21. The fourth-order valence-electron chi connectivity index (χ4n) is 2.20. The van der Waals surface area contributed by atoms with E-state index in [1.807, 2.05) is 4.72 Å². The molecule has 0 bridgehead atoms. The molecule has 0 atom stereocenters. The second-order valence-electron chi connectivity index (χ2n) is 5.26. The third-order valence-electron chi connectivity index (χ3n) is 3.59. The monoisotopic (exact) mass is 364 g/mol. The summed E-state index contributed by atoms with van der Waals surface area (Å²) in [6.07, 6.45) is 4.64. The Balaban J connectivity index is 2.21. The van der Waals surface area contributed by atoms with Gasteiger partial charge in [0.25, 0.3) is 15.9 Å². The summed E-state index contributed by atoms with van der Waals surface area (Å²) in [6, 6.07) is 4.06. The summed E-state index contributed by atoms with van der Waals surface area (Å²) in [6.45, 7) is 3.36. The van der Waals surface area contributed by atoms with E-state index in [4.69, 9.17) is 4.74 Å². The second kappa shape index (κ2) is 7.43. The van der Waals surface area contributed by atoms with Crippen LogP contribution in [0.15, 0.2) is 41.6 Å². The molecule has 0 aliphatic carbocycles. The fourth-order valence-corrected chi connectivity index (χ4v) is 3.44. The Hall–Kier alpha value is -2.74. The van der Waals surface area contributed by atoms with Crippen LogP contribution in [0.1, 0.15) is 16.7 Å². The summed E-state index contributed by atoms with van der Waals surface area (Å²) in [7, 11) is -2.56. The first-order chi connectivity index (χ1) is 11.7. The number of rotatable bonds is 5. The molecule has 1 aromatic carbocycles. The van der Waals surface area contributed by atoms with Gasteiger partial charge in [-0.2, -0.15) is 0 Å². The Labute approximate surface area is 145 Å². The minimum absolute atomic E-state index is 0.0139. The zero-order valence-corrected chi connectivity index (χ0v) is 14.7. The Morgan fingerprint density at radius 2 is 1.96 bits per heavy atom. The van der Waals surface area contributed by atoms with E-state index in [-0.39, 0.29) is 4.90 Å². The summed E-state index contributed by atoms with van der Waals surface area (Å²) in [5, 5.41) is 0. The minimum atomic E-state index is -4.05. The molecule has 6 nitrogen and oxygen atoms in total. The molecule has 0 unspecified atom stereocenters. The quantitative estimate of drug-likeness (QED) is 0.823. The molecule has 1 aromatic heterocycles. The SMILES string of the molecule is COc1ccc(S(=O)(=O)NC(=O)/C=C/c2cncc(F)c2)c(C)c1C. The molecular weight excluding hydrogens is 347 g/mol. The van der Waals surface area contributed by atoms with Crippen LogP contribution in [0.25, 0.3) is 6.08 Å². The number of carbonyl (C=O) groups is 1. The van der Waals surface area contributed by atoms with E-state index >= 15 is 0 Å². The number of methoxy groups -OCH3 is 1. The molecular formula is C17H17FN2O4S. The molecule has 0 spiro atoms. The van der Waals surface area contributed by atoms with Crippen molar-refractivity contribution >= 4 is 22.0 Å². The number of hydrogen-bond acceptors (Lipinski definition) is 5. The van der Waals surface area contributed by atoms with E-state index < -0.39 is 21.7 Å². The summed E-state index contributed by atoms with van der Waals surface area (Å²) in [4.78, 5) is 15.5. The topological polar surface area (TPSA) is 85.4 Å². The number of pyridine rings is 1. The van der Waals surface area contributed by atoms with Crippen LogP contribution in [-0.4, -0.2) is 26.4 Å². The average molecular weight is 364 g/mol. The molecule has 0 aliphatic rings. The second-order valence-corrected chi connectivity index (χ2v) is 6.91. The fraction of sp³-hybridized carbons (Fsp3) is 0.176. The van der Waals surface area contributed by atoms with Gasteiger partial charge in [-0.15, -0.1) is 0 Å². The van der Waals surface area contributed by atoms with Crippen molar-refractivity contribution in [1.82, 2.24) is 9.71 Å². The standard InChI is InChI=1S/C17H17FN2O4S/c1-11-12(2)16(6-5-15(11)24-3)25(22,23)20-17(21)7-4-13-8-14(18)10-19-9-13/h4-10H,1-3H3,(H,20,21)/b7-4+. The lowest BCUT2D eigenvalue weighted by Crippen LogP contribution is -2.29. The predicted molar refractivity (Wildman–Crippen MR) is 91.0 cm³/mol. The van der Waals surface area contributed by atoms with Crippen molar-refractivity contribution in [2.24, 2.45) is 0 Å². The number of benzene rings is 1. The molecule has 0 saturated heterocycles. The van der Waals surface area contributed by atoms with E-state index in [9.17, 15) is 17.6 Å². The average Bonchev–Trinajstić information content (AvgIpc) is 2.55. The van der Waals surface area contributed by atoms with Crippen LogP contribution in [0.3, 0.4) is 0 Å². The van der Waals surface area contributed by atoms with Gasteiger partial charge in [-0.25, -0.2) is 17.5 Å². The zero-order chi connectivity index (χ0) is 18.6. The zero-order valence-electron chi connectivity index (χ0n) is 13.9. The van der Waals surface area contributed by atoms with Crippen LogP contribution >= 0.6 is 0 Å². The van der Waals surface area contributed by atoms with Crippen LogP contribution in [0.5, 0.6) is 5.75 Å². The molecule has 0 saturated carbocycles. The van der Waals surface area contributed by atoms with Crippen molar-refractivity contribution in [3.8, 4) is 5.75 Å². The number of sulfonamides is 1. The van der Waals surface area contributed by atoms with Gasteiger partial charge >= 0.3 is 0 Å². The minimum Gasteiger partial charge on any atom is -0.496 e. The molecule has 0 aliphatic heterocycles. The maximum atomic E-state index is 13.0. The van der Waals surface area contributed by atoms with Gasteiger partial charge in [-0.05, 0) is 54.8 Å². The molecule has 1 amide bonds. The van der Waals surface area contributed by atoms with Crippen molar-refractivity contribution in [3.05, 3.63) is 59.2 Å². The number of amides is 1. The van der Waals surface area contributed by atoms with E-state index in [1.165, 1.54) is 37.6 Å². The van der Waals surface area contributed by atoms with Crippen molar-refractivity contribution < 1.29 is 22.3 Å². The Bertz CT molecular complexity index is 940. The normalized spacial score (nSPS) is 11.5. The highest BCUT2D eigenvalue weighted by atomic mass is 32.2. The largest absolute Gasteiger partial charge is 0.496 e. The van der Waals surface area contributed by atoms with Crippen LogP contribution in [0.2, 0.25) is 0 Å². The molecule has 2 aromatic rings. The van der Waals surface area contributed by atoms with Crippen LogP contribution < -0.4 is 9.46 Å². The third-order valence-corrected chi connectivity index (χ3v) is 5.08. The van der Waals surface area contributed by atoms with Gasteiger partial charge in [0.1, 0.15) is 11.6 Å². The van der Waals surface area contributed by atoms with Gasteiger partial charge in [-0.3, -0.25) is 9.78 Å². The number of nitrogens with zero attached hydrogens (tertiary/aromatic N) is 1. The number of hydrogen-bond donors (Lipinski definition) is 1. The molecule has 8 heteroatoms. The molecule has 132 valence electrons. The van der Waals surface area contributed by atoms with E-state index in [0.29, 0.717) is 22.4 Å². The first kappa shape index (κ1) is 18.6. The lowest BCUT2D eigenvalue weighted by Gasteiger charge is -2.13. The highest BCUT2D eigenvalue weighted by Crippen LogP contribution is 2.26. The number of halogens is 1. The smallest absolute Gasteiger partial charge is 0.264 e. The molecule has 0 fully saturated rings. The summed E-state index contributed by atoms with van der Waals surface area (Å²) >= 11 is 0. The van der Waals surface area contributed by atoms with E-state index in [0.717, 1.165) is 12.3 Å². The lowest BCUT2D eigenvalue weighted by atomic mass is 10.1. The van der Waals surface area contributed by atoms with Crippen molar-refractivity contribution in [2.75, 3.05) is 7.11 Å². The predicted octanol–water partition coefficient (Wildman–Crippen LogP) is 2.36. The number of ether oxygens (including phenoxy) is 1. The number of nitrogens with one attached hydrogen (secondary N) is 1.